The van der Waals surface area contributed by atoms with Crippen molar-refractivity contribution in [1.29, 1.82) is 0 Å². The van der Waals surface area contributed by atoms with E-state index in [2.05, 4.69) is 21.9 Å². The Kier molecular flexibility index (Phi) is 1.95. The van der Waals surface area contributed by atoms with Crippen molar-refractivity contribution in [2.75, 3.05) is 13.0 Å². The zero-order chi connectivity index (χ0) is 8.43. The van der Waals surface area contributed by atoms with Crippen LogP contribution in [0.25, 0.3) is 0 Å². The van der Waals surface area contributed by atoms with Gasteiger partial charge in [-0.3, -0.25) is 9.78 Å². The van der Waals surface area contributed by atoms with E-state index in [4.69, 9.17) is 5.84 Å². The number of aromatic amines is 1. The fourth-order valence-corrected chi connectivity index (χ4v) is 0.758. The van der Waals surface area contributed by atoms with E-state index in [1.807, 2.05) is 0 Å². The van der Waals surface area contributed by atoms with Crippen molar-refractivity contribution in [3.05, 3.63) is 21.3 Å². The molecule has 5 nitrogen and oxygen atoms in total. The highest BCUT2D eigenvalue weighted by Crippen LogP contribution is 1.96. The molecule has 1 aromatic heterocycles. The largest absolute Gasteiger partial charge is 0.490 e. The van der Waals surface area contributed by atoms with Gasteiger partial charge in [0.15, 0.2) is 4.77 Å². The van der Waals surface area contributed by atoms with Crippen molar-refractivity contribution in [1.82, 2.24) is 9.66 Å². The minimum atomic E-state index is -0.376. The molecule has 0 aliphatic heterocycles. The standard InChI is InChI=1S/C5H7N3O2S/c1-10-3-2-8(6)5(11)7-4(3)9/h2H,6H2,1H3,(H,7,9,11). The van der Waals surface area contributed by atoms with Gasteiger partial charge in [0.05, 0.1) is 13.3 Å². The fourth-order valence-electron chi connectivity index (χ4n) is 0.612. The summed E-state index contributed by atoms with van der Waals surface area (Å²) in [7, 11) is 1.38. The lowest BCUT2D eigenvalue weighted by Crippen LogP contribution is -2.19. The van der Waals surface area contributed by atoms with E-state index in [0.29, 0.717) is 0 Å². The van der Waals surface area contributed by atoms with Gasteiger partial charge < -0.3 is 10.6 Å². The van der Waals surface area contributed by atoms with Gasteiger partial charge in [-0.05, 0) is 12.2 Å². The minimum Gasteiger partial charge on any atom is -0.490 e. The van der Waals surface area contributed by atoms with E-state index in [0.717, 1.165) is 4.68 Å². The summed E-state index contributed by atoms with van der Waals surface area (Å²) in [6.07, 6.45) is 1.32. The van der Waals surface area contributed by atoms with Crippen LogP contribution in [0.1, 0.15) is 0 Å². The third-order valence-electron chi connectivity index (χ3n) is 1.16. The first-order valence-corrected chi connectivity index (χ1v) is 3.21. The molecule has 3 N–H and O–H groups in total. The Labute approximate surface area is 67.4 Å². The van der Waals surface area contributed by atoms with Crippen molar-refractivity contribution in [2.24, 2.45) is 0 Å². The maximum Gasteiger partial charge on any atom is 0.294 e. The summed E-state index contributed by atoms with van der Waals surface area (Å²) >= 11 is 4.68. The fraction of sp³-hybridized carbons (Fsp3) is 0.200. The van der Waals surface area contributed by atoms with Gasteiger partial charge >= 0.3 is 0 Å². The third kappa shape index (κ3) is 1.40. The van der Waals surface area contributed by atoms with Crippen LogP contribution in [0.4, 0.5) is 0 Å². The van der Waals surface area contributed by atoms with Crippen molar-refractivity contribution in [3.8, 4) is 5.75 Å². The smallest absolute Gasteiger partial charge is 0.294 e. The third-order valence-corrected chi connectivity index (χ3v) is 1.47. The highest BCUT2D eigenvalue weighted by Gasteiger charge is 1.98. The number of hydrogen-bond acceptors (Lipinski definition) is 4. The number of H-pyrrole nitrogens is 1. The van der Waals surface area contributed by atoms with E-state index in [9.17, 15) is 4.79 Å². The first-order valence-electron chi connectivity index (χ1n) is 2.80. The number of ether oxygens (including phenoxy) is 1. The number of nitrogen functional groups attached to an aromatic ring is 1. The first-order chi connectivity index (χ1) is 5.15. The van der Waals surface area contributed by atoms with Crippen LogP contribution in [0.2, 0.25) is 0 Å². The molecule has 0 saturated carbocycles. The molecule has 0 fully saturated rings. The maximum absolute atomic E-state index is 10.9. The predicted octanol–water partition coefficient (Wildman–Crippen LogP) is -0.372. The number of methoxy groups -OCH3 is 1. The summed E-state index contributed by atoms with van der Waals surface area (Å²) in [4.78, 5) is 13.2. The van der Waals surface area contributed by atoms with Gasteiger partial charge in [-0.15, -0.1) is 0 Å². The van der Waals surface area contributed by atoms with Gasteiger partial charge in [0.25, 0.3) is 5.56 Å². The molecule has 0 radical (unpaired) electrons. The summed E-state index contributed by atoms with van der Waals surface area (Å²) in [5.41, 5.74) is -0.376. The average molecular weight is 173 g/mol. The summed E-state index contributed by atoms with van der Waals surface area (Å²) < 4.78 is 5.96. The molecule has 1 aromatic rings. The summed E-state index contributed by atoms with van der Waals surface area (Å²) in [6.45, 7) is 0. The Balaban J connectivity index is 3.45. The molecule has 60 valence electrons. The van der Waals surface area contributed by atoms with Gasteiger partial charge in [0.1, 0.15) is 0 Å². The number of aromatic nitrogens is 2. The molecular weight excluding hydrogens is 166 g/mol. The normalized spacial score (nSPS) is 9.55. The molecule has 6 heteroatoms. The quantitative estimate of drug-likeness (QED) is 0.449. The molecule has 11 heavy (non-hydrogen) atoms. The highest BCUT2D eigenvalue weighted by molar-refractivity contribution is 7.71. The summed E-state index contributed by atoms with van der Waals surface area (Å²) in [6, 6.07) is 0. The van der Waals surface area contributed by atoms with Crippen LogP contribution in [0, 0.1) is 4.77 Å². The molecule has 0 bridgehead atoms. The minimum absolute atomic E-state index is 0.140. The number of rotatable bonds is 1. The second-order valence-electron chi connectivity index (χ2n) is 1.86. The SMILES string of the molecule is COc1cn(N)c(=S)[nH]c1=O. The molecule has 0 aliphatic carbocycles. The van der Waals surface area contributed by atoms with E-state index in [1.165, 1.54) is 13.3 Å². The van der Waals surface area contributed by atoms with Gasteiger partial charge in [-0.1, -0.05) is 0 Å². The first kappa shape index (κ1) is 7.80. The second kappa shape index (κ2) is 2.75. The van der Waals surface area contributed by atoms with Gasteiger partial charge in [-0.2, -0.15) is 0 Å². The zero-order valence-electron chi connectivity index (χ0n) is 5.83. The number of nitrogens with one attached hydrogen (secondary N) is 1. The molecule has 0 unspecified atom stereocenters. The molecule has 0 atom stereocenters. The van der Waals surface area contributed by atoms with Crippen molar-refractivity contribution in [2.45, 2.75) is 0 Å². The van der Waals surface area contributed by atoms with Crippen molar-refractivity contribution in [3.63, 3.8) is 0 Å². The van der Waals surface area contributed by atoms with E-state index < -0.39 is 0 Å². The van der Waals surface area contributed by atoms with Crippen LogP contribution >= 0.6 is 12.2 Å². The molecule has 0 saturated heterocycles. The Morgan fingerprint density at radius 1 is 1.82 bits per heavy atom. The molecular formula is C5H7N3O2S. The Morgan fingerprint density at radius 2 is 2.45 bits per heavy atom. The molecule has 1 heterocycles. The van der Waals surface area contributed by atoms with Crippen LogP contribution in [0.15, 0.2) is 11.0 Å². The number of nitrogens with two attached hydrogens (primary N) is 1. The Hall–Kier alpha value is -1.30. The lowest BCUT2D eigenvalue weighted by molar-refractivity contribution is 0.403. The lowest BCUT2D eigenvalue weighted by Gasteiger charge is -2.00. The van der Waals surface area contributed by atoms with Crippen LogP contribution in [0.3, 0.4) is 0 Å². The number of hydrogen-bond donors (Lipinski definition) is 2. The summed E-state index contributed by atoms with van der Waals surface area (Å²) in [5, 5.41) is 0. The lowest BCUT2D eigenvalue weighted by atomic mass is 10.6. The molecule has 1 rings (SSSR count). The van der Waals surface area contributed by atoms with Gasteiger partial charge in [0.2, 0.25) is 5.75 Å². The van der Waals surface area contributed by atoms with E-state index >= 15 is 0 Å². The summed E-state index contributed by atoms with van der Waals surface area (Å²) in [5.74, 6) is 5.47. The molecule has 0 aromatic carbocycles. The van der Waals surface area contributed by atoms with Crippen molar-refractivity contribution < 1.29 is 4.74 Å². The van der Waals surface area contributed by atoms with Gasteiger partial charge in [-0.25, -0.2) is 4.68 Å². The molecule has 0 amide bonds. The second-order valence-corrected chi connectivity index (χ2v) is 2.25. The number of nitrogens with zero attached hydrogens (tertiary/aromatic N) is 1. The topological polar surface area (TPSA) is 73.0 Å². The van der Waals surface area contributed by atoms with Crippen LogP contribution in [-0.4, -0.2) is 16.8 Å². The molecule has 0 spiro atoms. The Morgan fingerprint density at radius 3 is 3.00 bits per heavy atom. The van der Waals surface area contributed by atoms with Crippen LogP contribution in [-0.2, 0) is 0 Å². The predicted molar refractivity (Wildman–Crippen MR) is 42.6 cm³/mol. The zero-order valence-corrected chi connectivity index (χ0v) is 6.64. The average Bonchev–Trinajstić information content (AvgIpc) is 1.97. The monoisotopic (exact) mass is 173 g/mol. The van der Waals surface area contributed by atoms with Crippen molar-refractivity contribution >= 4 is 12.2 Å². The molecule has 0 aliphatic rings. The van der Waals surface area contributed by atoms with Crippen LogP contribution < -0.4 is 16.1 Å². The van der Waals surface area contributed by atoms with E-state index in [1.54, 1.807) is 0 Å². The highest BCUT2D eigenvalue weighted by atomic mass is 32.1. The van der Waals surface area contributed by atoms with Gasteiger partial charge in [0, 0.05) is 0 Å². The Bertz CT molecular complexity index is 367. The maximum atomic E-state index is 10.9. The van der Waals surface area contributed by atoms with Crippen LogP contribution in [0.5, 0.6) is 5.75 Å². The van der Waals surface area contributed by atoms with E-state index in [-0.39, 0.29) is 16.1 Å².